The van der Waals surface area contributed by atoms with Crippen molar-refractivity contribution in [1.82, 2.24) is 5.32 Å². The summed E-state index contributed by atoms with van der Waals surface area (Å²) in [5.74, 6) is -0.0106. The Morgan fingerprint density at radius 3 is 0.871 bits per heavy atom. The van der Waals surface area contributed by atoms with Crippen LogP contribution in [0.25, 0.3) is 0 Å². The molecule has 0 radical (unpaired) electrons. The molecule has 0 bridgehead atoms. The number of hydrogen-bond donors (Lipinski definition) is 3. The van der Waals surface area contributed by atoms with Gasteiger partial charge in [-0.2, -0.15) is 0 Å². The van der Waals surface area contributed by atoms with Crippen molar-refractivity contribution >= 4 is 11.9 Å². The molecule has 0 saturated heterocycles. The summed E-state index contributed by atoms with van der Waals surface area (Å²) in [6.07, 6.45) is 71.3. The minimum atomic E-state index is -0.660. The SMILES string of the molecule is CCCCCCCCCCCCCCCCCCCC(=O)OCCCCCCCCCCCCCCCCCCCCCCCCCCCC(=O)NC(CO)C(O)CCCCCCCCCCCCC. The third-order valence-corrected chi connectivity index (χ3v) is 15.4. The number of aliphatic hydroxyl groups is 2. The Kier molecular flexibility index (Phi) is 59.4. The van der Waals surface area contributed by atoms with Crippen LogP contribution in [0.1, 0.15) is 373 Å². The molecule has 3 N–H and O–H groups in total. The monoisotopic (exact) mass is 990 g/mol. The highest BCUT2D eigenvalue weighted by molar-refractivity contribution is 5.76. The second-order valence-corrected chi connectivity index (χ2v) is 22.5. The quantitative estimate of drug-likeness (QED) is 0.0417. The summed E-state index contributed by atoms with van der Waals surface area (Å²) in [6, 6.07) is -0.537. The second-order valence-electron chi connectivity index (χ2n) is 22.5. The first-order valence-corrected chi connectivity index (χ1v) is 32.3. The van der Waals surface area contributed by atoms with Crippen LogP contribution in [0.2, 0.25) is 0 Å². The molecule has 6 nitrogen and oxygen atoms in total. The van der Waals surface area contributed by atoms with Crippen LogP contribution in [-0.4, -0.2) is 47.4 Å². The Balaban J connectivity index is 3.31. The number of rotatable bonds is 61. The van der Waals surface area contributed by atoms with Crippen LogP contribution in [0.4, 0.5) is 0 Å². The molecule has 2 unspecified atom stereocenters. The van der Waals surface area contributed by atoms with E-state index in [4.69, 9.17) is 4.74 Å². The third-order valence-electron chi connectivity index (χ3n) is 15.4. The summed E-state index contributed by atoms with van der Waals surface area (Å²) in [6.45, 7) is 4.98. The molecule has 70 heavy (non-hydrogen) atoms. The highest BCUT2D eigenvalue weighted by Gasteiger charge is 2.20. The highest BCUT2D eigenvalue weighted by Crippen LogP contribution is 2.19. The van der Waals surface area contributed by atoms with E-state index in [0.717, 1.165) is 38.5 Å². The number of esters is 1. The Labute approximate surface area is 438 Å². The largest absolute Gasteiger partial charge is 0.466 e. The molecule has 2 atom stereocenters. The average molecular weight is 991 g/mol. The third kappa shape index (κ3) is 56.2. The lowest BCUT2D eigenvalue weighted by Gasteiger charge is -2.22. The minimum Gasteiger partial charge on any atom is -0.466 e. The second kappa shape index (κ2) is 60.4. The lowest BCUT2D eigenvalue weighted by atomic mass is 10.0. The summed E-state index contributed by atoms with van der Waals surface area (Å²) in [7, 11) is 0. The average Bonchev–Trinajstić information content (AvgIpc) is 3.36. The van der Waals surface area contributed by atoms with Gasteiger partial charge in [-0.3, -0.25) is 9.59 Å². The van der Waals surface area contributed by atoms with Gasteiger partial charge in [0.2, 0.25) is 5.91 Å². The van der Waals surface area contributed by atoms with Gasteiger partial charge in [0.1, 0.15) is 0 Å². The normalized spacial score (nSPS) is 12.5. The van der Waals surface area contributed by atoms with E-state index in [1.165, 1.54) is 302 Å². The van der Waals surface area contributed by atoms with Crippen molar-refractivity contribution in [2.75, 3.05) is 13.2 Å². The number of amides is 1. The molecular formula is C64H127NO5. The van der Waals surface area contributed by atoms with Crippen LogP contribution >= 0.6 is 0 Å². The van der Waals surface area contributed by atoms with Crippen molar-refractivity contribution < 1.29 is 24.5 Å². The molecule has 6 heteroatoms. The fourth-order valence-corrected chi connectivity index (χ4v) is 10.5. The predicted octanol–water partition coefficient (Wildman–Crippen LogP) is 20.3. The van der Waals surface area contributed by atoms with Crippen molar-refractivity contribution in [2.24, 2.45) is 0 Å². The van der Waals surface area contributed by atoms with Gasteiger partial charge in [0.25, 0.3) is 0 Å². The number of unbranched alkanes of at least 4 members (excludes halogenated alkanes) is 50. The maximum absolute atomic E-state index is 12.4. The van der Waals surface area contributed by atoms with Crippen LogP contribution in [0, 0.1) is 0 Å². The van der Waals surface area contributed by atoms with E-state index in [1.54, 1.807) is 0 Å². The summed E-state index contributed by atoms with van der Waals surface area (Å²) in [5, 5.41) is 23.2. The zero-order chi connectivity index (χ0) is 50.7. The van der Waals surface area contributed by atoms with E-state index in [0.29, 0.717) is 25.9 Å². The van der Waals surface area contributed by atoms with E-state index in [1.807, 2.05) is 0 Å². The number of hydrogen-bond acceptors (Lipinski definition) is 5. The standard InChI is InChI=1S/C64H127NO5/c1-3-5-7-9-11-13-15-16-17-27-31-34-38-42-46-50-54-58-64(69)70-59-55-51-47-43-39-35-32-29-26-24-22-20-18-19-21-23-25-28-30-33-37-41-45-49-53-57-63(68)65-61(60-66)62(67)56-52-48-44-40-36-14-12-10-8-6-4-2/h61-62,66-67H,3-60H2,1-2H3,(H,65,68). The molecular weight excluding hydrogens is 863 g/mol. The zero-order valence-electron chi connectivity index (χ0n) is 47.8. The number of ether oxygens (including phenoxy) is 1. The van der Waals surface area contributed by atoms with Gasteiger partial charge in [0.05, 0.1) is 25.4 Å². The van der Waals surface area contributed by atoms with Gasteiger partial charge in [-0.15, -0.1) is 0 Å². The summed E-state index contributed by atoms with van der Waals surface area (Å²) in [4.78, 5) is 24.5. The first-order valence-electron chi connectivity index (χ1n) is 32.3. The minimum absolute atomic E-state index is 0.0213. The molecule has 0 aliphatic carbocycles. The molecule has 0 aromatic heterocycles. The van der Waals surface area contributed by atoms with Crippen LogP contribution in [-0.2, 0) is 14.3 Å². The van der Waals surface area contributed by atoms with E-state index in [9.17, 15) is 19.8 Å². The van der Waals surface area contributed by atoms with Gasteiger partial charge in [-0.25, -0.2) is 0 Å². The maximum Gasteiger partial charge on any atom is 0.305 e. The van der Waals surface area contributed by atoms with Crippen LogP contribution in [0.5, 0.6) is 0 Å². The van der Waals surface area contributed by atoms with Crippen LogP contribution < -0.4 is 5.32 Å². The lowest BCUT2D eigenvalue weighted by Crippen LogP contribution is -2.45. The molecule has 0 fully saturated rings. The summed E-state index contributed by atoms with van der Waals surface area (Å²) in [5.41, 5.74) is 0. The van der Waals surface area contributed by atoms with Crippen molar-refractivity contribution in [3.8, 4) is 0 Å². The van der Waals surface area contributed by atoms with Gasteiger partial charge < -0.3 is 20.3 Å². The number of aliphatic hydroxyl groups excluding tert-OH is 2. The molecule has 0 saturated carbocycles. The molecule has 418 valence electrons. The van der Waals surface area contributed by atoms with Crippen LogP contribution in [0.15, 0.2) is 0 Å². The summed E-state index contributed by atoms with van der Waals surface area (Å²) < 4.78 is 5.50. The molecule has 0 spiro atoms. The maximum atomic E-state index is 12.4. The van der Waals surface area contributed by atoms with Crippen molar-refractivity contribution in [3.63, 3.8) is 0 Å². The van der Waals surface area contributed by atoms with Crippen molar-refractivity contribution in [2.45, 2.75) is 386 Å². The van der Waals surface area contributed by atoms with Gasteiger partial charge >= 0.3 is 5.97 Å². The Morgan fingerprint density at radius 2 is 0.586 bits per heavy atom. The molecule has 0 aromatic rings. The first kappa shape index (κ1) is 68.9. The molecule has 0 heterocycles. The Bertz CT molecular complexity index is 1010. The van der Waals surface area contributed by atoms with Gasteiger partial charge in [0, 0.05) is 12.8 Å². The molecule has 1 amide bonds. The molecule has 0 rings (SSSR count). The zero-order valence-corrected chi connectivity index (χ0v) is 47.8. The van der Waals surface area contributed by atoms with E-state index in [-0.39, 0.29) is 18.5 Å². The van der Waals surface area contributed by atoms with E-state index < -0.39 is 12.1 Å². The number of carbonyl (C=O) groups is 2. The fourth-order valence-electron chi connectivity index (χ4n) is 10.5. The van der Waals surface area contributed by atoms with Gasteiger partial charge in [0.15, 0.2) is 0 Å². The van der Waals surface area contributed by atoms with Gasteiger partial charge in [-0.1, -0.05) is 335 Å². The molecule has 0 aliphatic heterocycles. The first-order chi connectivity index (χ1) is 34.5. The summed E-state index contributed by atoms with van der Waals surface area (Å²) >= 11 is 0. The number of carbonyl (C=O) groups excluding carboxylic acids is 2. The van der Waals surface area contributed by atoms with E-state index >= 15 is 0 Å². The van der Waals surface area contributed by atoms with Gasteiger partial charge in [-0.05, 0) is 25.7 Å². The van der Waals surface area contributed by atoms with Crippen molar-refractivity contribution in [1.29, 1.82) is 0 Å². The topological polar surface area (TPSA) is 95.9 Å². The highest BCUT2D eigenvalue weighted by atomic mass is 16.5. The smallest absolute Gasteiger partial charge is 0.305 e. The Morgan fingerprint density at radius 1 is 0.343 bits per heavy atom. The van der Waals surface area contributed by atoms with Crippen LogP contribution in [0.3, 0.4) is 0 Å². The van der Waals surface area contributed by atoms with Crippen molar-refractivity contribution in [3.05, 3.63) is 0 Å². The molecule has 0 aromatic carbocycles. The molecule has 0 aliphatic rings. The fraction of sp³-hybridized carbons (Fsp3) is 0.969. The predicted molar refractivity (Wildman–Crippen MR) is 306 cm³/mol. The van der Waals surface area contributed by atoms with E-state index in [2.05, 4.69) is 19.2 Å². The number of nitrogens with one attached hydrogen (secondary N) is 1. The lowest BCUT2D eigenvalue weighted by molar-refractivity contribution is -0.143. The Hall–Kier alpha value is -1.14.